The summed E-state index contributed by atoms with van der Waals surface area (Å²) in [6, 6.07) is 17.8. The maximum absolute atomic E-state index is 14.2. The first-order chi connectivity index (χ1) is 11.5. The number of imide groups is 1. The summed E-state index contributed by atoms with van der Waals surface area (Å²) >= 11 is 0. The van der Waals surface area contributed by atoms with Crippen LogP contribution in [0.25, 0.3) is 0 Å². The van der Waals surface area contributed by atoms with Crippen LogP contribution in [-0.2, 0) is 9.36 Å². The quantitative estimate of drug-likeness (QED) is 0.804. The molecular weight excluding hydrogens is 323 g/mol. The van der Waals surface area contributed by atoms with Crippen molar-refractivity contribution < 1.29 is 14.2 Å². The highest BCUT2D eigenvalue weighted by Crippen LogP contribution is 2.52. The van der Waals surface area contributed by atoms with Crippen molar-refractivity contribution in [1.29, 1.82) is 0 Å². The van der Waals surface area contributed by atoms with Gasteiger partial charge in [-0.05, 0) is 0 Å². The Morgan fingerprint density at radius 3 is 1.79 bits per heavy atom. The minimum Gasteiger partial charge on any atom is -0.316 e. The molecule has 1 fully saturated rings. The van der Waals surface area contributed by atoms with Gasteiger partial charge in [0, 0.05) is 24.7 Å². The van der Waals surface area contributed by atoms with Gasteiger partial charge in [0.05, 0.1) is 6.42 Å². The SMILES string of the molecule is CN1C(=O)C[C@@H](P(=O)(c2ccccc2)c2ccccc2)N(C)C1=O. The van der Waals surface area contributed by atoms with Gasteiger partial charge in [-0.2, -0.15) is 0 Å². The average molecular weight is 342 g/mol. The minimum absolute atomic E-state index is 0.0415. The Hall–Kier alpha value is -2.39. The number of carbonyl (C=O) groups is 2. The van der Waals surface area contributed by atoms with Crippen molar-refractivity contribution in [1.82, 2.24) is 9.80 Å². The van der Waals surface area contributed by atoms with Crippen LogP contribution in [0.5, 0.6) is 0 Å². The second-order valence-corrected chi connectivity index (χ2v) is 8.80. The van der Waals surface area contributed by atoms with Crippen molar-refractivity contribution in [3.05, 3.63) is 60.7 Å². The zero-order chi connectivity index (χ0) is 17.3. The number of benzene rings is 2. The Morgan fingerprint density at radius 1 is 0.875 bits per heavy atom. The van der Waals surface area contributed by atoms with Crippen LogP contribution in [-0.4, -0.2) is 41.6 Å². The molecule has 1 heterocycles. The van der Waals surface area contributed by atoms with E-state index in [2.05, 4.69) is 0 Å². The summed E-state index contributed by atoms with van der Waals surface area (Å²) in [5, 5.41) is 1.30. The van der Waals surface area contributed by atoms with E-state index in [1.807, 2.05) is 36.4 Å². The lowest BCUT2D eigenvalue weighted by atomic mass is 10.3. The van der Waals surface area contributed by atoms with Crippen LogP contribution in [0, 0.1) is 0 Å². The number of carbonyl (C=O) groups excluding carboxylic acids is 2. The standard InChI is InChI=1S/C18H19N2O3P/c1-19-16(21)13-17(20(2)18(19)22)24(23,14-9-5-3-6-10-14)15-11-7-4-8-12-15/h3-12,17H,13H2,1-2H3/t17-/m1/s1. The highest BCUT2D eigenvalue weighted by molar-refractivity contribution is 7.79. The molecule has 0 saturated carbocycles. The van der Waals surface area contributed by atoms with E-state index in [9.17, 15) is 14.2 Å². The highest BCUT2D eigenvalue weighted by atomic mass is 31.2. The predicted octanol–water partition coefficient (Wildman–Crippen LogP) is 2.24. The third-order valence-electron chi connectivity index (χ3n) is 4.47. The molecule has 1 saturated heterocycles. The van der Waals surface area contributed by atoms with Gasteiger partial charge < -0.3 is 9.46 Å². The number of nitrogens with zero attached hydrogens (tertiary/aromatic N) is 2. The molecule has 124 valence electrons. The van der Waals surface area contributed by atoms with E-state index in [1.165, 1.54) is 11.9 Å². The van der Waals surface area contributed by atoms with Crippen molar-refractivity contribution in [3.63, 3.8) is 0 Å². The molecule has 2 aromatic rings. The van der Waals surface area contributed by atoms with Gasteiger partial charge in [0.1, 0.15) is 5.78 Å². The van der Waals surface area contributed by atoms with E-state index in [4.69, 9.17) is 0 Å². The Kier molecular flexibility index (Phi) is 4.29. The average Bonchev–Trinajstić information content (AvgIpc) is 2.64. The van der Waals surface area contributed by atoms with Crippen LogP contribution in [0.2, 0.25) is 0 Å². The van der Waals surface area contributed by atoms with E-state index in [-0.39, 0.29) is 12.3 Å². The number of urea groups is 1. The van der Waals surface area contributed by atoms with Gasteiger partial charge in [-0.3, -0.25) is 9.69 Å². The molecule has 3 rings (SSSR count). The van der Waals surface area contributed by atoms with Gasteiger partial charge in [0.25, 0.3) is 0 Å². The number of hydrogen-bond donors (Lipinski definition) is 0. The second kappa shape index (κ2) is 6.25. The largest absolute Gasteiger partial charge is 0.326 e. The number of amides is 3. The molecule has 0 N–H and O–H groups in total. The van der Waals surface area contributed by atoms with Gasteiger partial charge in [-0.1, -0.05) is 60.7 Å². The molecule has 1 aliphatic rings. The first kappa shape index (κ1) is 16.5. The predicted molar refractivity (Wildman–Crippen MR) is 94.1 cm³/mol. The summed E-state index contributed by atoms with van der Waals surface area (Å²) in [5.74, 6) is -0.992. The fourth-order valence-electron chi connectivity index (χ4n) is 3.07. The van der Waals surface area contributed by atoms with E-state index >= 15 is 0 Å². The van der Waals surface area contributed by atoms with Crippen LogP contribution in [0.3, 0.4) is 0 Å². The van der Waals surface area contributed by atoms with Gasteiger partial charge in [-0.25, -0.2) is 4.79 Å². The smallest absolute Gasteiger partial charge is 0.316 e. The van der Waals surface area contributed by atoms with Crippen LogP contribution in [0.4, 0.5) is 4.79 Å². The van der Waals surface area contributed by atoms with Gasteiger partial charge in [0.15, 0.2) is 7.14 Å². The van der Waals surface area contributed by atoms with Crippen LogP contribution >= 0.6 is 7.14 Å². The third-order valence-corrected chi connectivity index (χ3v) is 7.97. The van der Waals surface area contributed by atoms with Crippen molar-refractivity contribution in [2.45, 2.75) is 12.2 Å². The van der Waals surface area contributed by atoms with Crippen molar-refractivity contribution >= 4 is 29.7 Å². The topological polar surface area (TPSA) is 57.7 Å². The molecule has 1 aliphatic heterocycles. The molecule has 5 nitrogen and oxygen atoms in total. The van der Waals surface area contributed by atoms with Crippen LogP contribution < -0.4 is 10.6 Å². The molecule has 0 spiro atoms. The fourth-order valence-corrected chi connectivity index (χ4v) is 6.28. The van der Waals surface area contributed by atoms with Crippen molar-refractivity contribution in [3.8, 4) is 0 Å². The fraction of sp³-hybridized carbons (Fsp3) is 0.222. The summed E-state index contributed by atoms with van der Waals surface area (Å²) in [6.07, 6.45) is 0.0415. The first-order valence-electron chi connectivity index (χ1n) is 7.70. The molecule has 3 amide bonds. The maximum atomic E-state index is 14.2. The zero-order valence-electron chi connectivity index (χ0n) is 13.6. The second-order valence-electron chi connectivity index (χ2n) is 5.86. The third kappa shape index (κ3) is 2.55. The molecule has 1 atom stereocenters. The number of hydrogen-bond acceptors (Lipinski definition) is 3. The van der Waals surface area contributed by atoms with Crippen molar-refractivity contribution in [2.24, 2.45) is 0 Å². The van der Waals surface area contributed by atoms with Crippen LogP contribution in [0.1, 0.15) is 6.42 Å². The van der Waals surface area contributed by atoms with Gasteiger partial charge >= 0.3 is 6.03 Å². The minimum atomic E-state index is -3.20. The highest BCUT2D eigenvalue weighted by Gasteiger charge is 2.46. The normalized spacial score (nSPS) is 18.8. The Labute approximate surface area is 141 Å². The first-order valence-corrected chi connectivity index (χ1v) is 9.48. The molecule has 24 heavy (non-hydrogen) atoms. The molecule has 2 aromatic carbocycles. The molecular formula is C18H19N2O3P. The van der Waals surface area contributed by atoms with Gasteiger partial charge in [0.2, 0.25) is 5.91 Å². The Balaban J connectivity index is 2.18. The van der Waals surface area contributed by atoms with E-state index in [0.29, 0.717) is 10.6 Å². The lowest BCUT2D eigenvalue weighted by Crippen LogP contribution is -2.55. The Bertz CT molecular complexity index is 764. The lowest BCUT2D eigenvalue weighted by Gasteiger charge is -2.40. The summed E-state index contributed by atoms with van der Waals surface area (Å²) in [6.45, 7) is 0. The van der Waals surface area contributed by atoms with E-state index < -0.39 is 19.0 Å². The molecule has 6 heteroatoms. The maximum Gasteiger partial charge on any atom is 0.326 e. The molecule has 0 aromatic heterocycles. The van der Waals surface area contributed by atoms with Crippen LogP contribution in [0.15, 0.2) is 60.7 Å². The summed E-state index contributed by atoms with van der Waals surface area (Å²) < 4.78 is 14.2. The molecule has 0 bridgehead atoms. The van der Waals surface area contributed by atoms with E-state index in [0.717, 1.165) is 4.90 Å². The van der Waals surface area contributed by atoms with E-state index in [1.54, 1.807) is 31.3 Å². The zero-order valence-corrected chi connectivity index (χ0v) is 14.5. The van der Waals surface area contributed by atoms with Gasteiger partial charge in [-0.15, -0.1) is 0 Å². The molecule has 0 aliphatic carbocycles. The molecule has 0 radical (unpaired) electrons. The Morgan fingerprint density at radius 2 is 1.33 bits per heavy atom. The summed E-state index contributed by atoms with van der Waals surface area (Å²) in [5.41, 5.74) is 0. The molecule has 0 unspecified atom stereocenters. The summed E-state index contributed by atoms with van der Waals surface area (Å²) in [7, 11) is -0.142. The summed E-state index contributed by atoms with van der Waals surface area (Å²) in [4.78, 5) is 27.1. The number of rotatable bonds is 3. The lowest BCUT2D eigenvalue weighted by molar-refractivity contribution is -0.130. The monoisotopic (exact) mass is 342 g/mol. The van der Waals surface area contributed by atoms with Crippen molar-refractivity contribution in [2.75, 3.05) is 14.1 Å².